The van der Waals surface area contributed by atoms with Gasteiger partial charge in [-0.2, -0.15) is 0 Å². The molecule has 5 N–H and O–H groups in total. The van der Waals surface area contributed by atoms with Crippen molar-refractivity contribution in [3.05, 3.63) is 29.3 Å². The second kappa shape index (κ2) is 8.88. The fraction of sp³-hybridized carbons (Fsp3) is 0.438. The predicted molar refractivity (Wildman–Crippen MR) is 84.0 cm³/mol. The van der Waals surface area contributed by atoms with Crippen LogP contribution in [0.1, 0.15) is 43.7 Å². The van der Waals surface area contributed by atoms with Crippen LogP contribution >= 0.6 is 0 Å². The first-order valence-electron chi connectivity index (χ1n) is 7.08. The van der Waals surface area contributed by atoms with Crippen molar-refractivity contribution in [2.75, 3.05) is 0 Å². The van der Waals surface area contributed by atoms with E-state index < -0.39 is 36.4 Å². The highest BCUT2D eigenvalue weighted by Crippen LogP contribution is 2.25. The van der Waals surface area contributed by atoms with Crippen molar-refractivity contribution in [1.29, 1.82) is 0 Å². The molecule has 8 nitrogen and oxygen atoms in total. The smallest absolute Gasteiger partial charge is 0.336 e. The van der Waals surface area contributed by atoms with Crippen molar-refractivity contribution in [3.63, 3.8) is 0 Å². The van der Waals surface area contributed by atoms with Crippen molar-refractivity contribution >= 4 is 17.9 Å². The van der Waals surface area contributed by atoms with Crippen LogP contribution in [0.4, 0.5) is 0 Å². The molecule has 24 heavy (non-hydrogen) atoms. The summed E-state index contributed by atoms with van der Waals surface area (Å²) in [7, 11) is 0. The summed E-state index contributed by atoms with van der Waals surface area (Å²) in [4.78, 5) is 30.5. The van der Waals surface area contributed by atoms with Crippen LogP contribution in [-0.2, 0) is 14.4 Å². The highest BCUT2D eigenvalue weighted by molar-refractivity contribution is 5.88. The minimum absolute atomic E-state index is 0.399. The van der Waals surface area contributed by atoms with Crippen LogP contribution < -0.4 is 0 Å². The van der Waals surface area contributed by atoms with Gasteiger partial charge in [-0.15, -0.1) is 0 Å². The van der Waals surface area contributed by atoms with Crippen LogP contribution in [0.15, 0.2) is 18.2 Å². The molecule has 0 atom stereocenters. The highest BCUT2D eigenvalue weighted by atomic mass is 16.4. The summed E-state index contributed by atoms with van der Waals surface area (Å²) in [6.07, 6.45) is -2.29. The largest absolute Gasteiger partial charge is 0.508 e. The molecule has 0 heterocycles. The topological polar surface area (TPSA) is 152 Å². The predicted octanol–water partition coefficient (Wildman–Crippen LogP) is 1.58. The summed E-state index contributed by atoms with van der Waals surface area (Å²) < 4.78 is 0. The Morgan fingerprint density at radius 3 is 1.79 bits per heavy atom. The monoisotopic (exact) mass is 342 g/mol. The zero-order valence-corrected chi connectivity index (χ0v) is 13.7. The van der Waals surface area contributed by atoms with Gasteiger partial charge in [-0.05, 0) is 30.0 Å². The Balaban J connectivity index is 0.000000446. The number of phenolic OH excluding ortho intramolecular Hbond substituents is 1. The third-order valence-corrected chi connectivity index (χ3v) is 3.09. The zero-order chi connectivity index (χ0) is 19.1. The Kier molecular flexibility index (Phi) is 7.91. The van der Waals surface area contributed by atoms with E-state index in [1.807, 2.05) is 19.1 Å². The van der Waals surface area contributed by atoms with Crippen molar-refractivity contribution in [1.82, 2.24) is 0 Å². The van der Waals surface area contributed by atoms with Crippen LogP contribution in [0.25, 0.3) is 0 Å². The van der Waals surface area contributed by atoms with Gasteiger partial charge >= 0.3 is 17.9 Å². The van der Waals surface area contributed by atoms with E-state index in [0.717, 1.165) is 11.1 Å². The average molecular weight is 342 g/mol. The standard InChI is InChI=1S/C10H14O.C6H8O7/c1-7(2)9-5-4-8(3)6-10(9)11;7-3(8)1-6(13,5(11)12)2-4(9)10/h4-7,11H,1-3H3;13H,1-2H2,(H,7,8)(H,9,10)(H,11,12). The number of carbonyl (C=O) groups is 3. The second-order valence-electron chi connectivity index (χ2n) is 5.69. The van der Waals surface area contributed by atoms with Crippen LogP contribution in [-0.4, -0.2) is 49.0 Å². The summed E-state index contributed by atoms with van der Waals surface area (Å²) in [5.74, 6) is -4.20. The Morgan fingerprint density at radius 2 is 1.50 bits per heavy atom. The van der Waals surface area contributed by atoms with Crippen LogP contribution in [0.3, 0.4) is 0 Å². The Morgan fingerprint density at radius 1 is 1.04 bits per heavy atom. The van der Waals surface area contributed by atoms with E-state index in [1.165, 1.54) is 0 Å². The number of hydrogen-bond acceptors (Lipinski definition) is 5. The number of hydrogen-bond donors (Lipinski definition) is 5. The summed E-state index contributed by atoms with van der Waals surface area (Å²) in [6.45, 7) is 6.12. The van der Waals surface area contributed by atoms with E-state index >= 15 is 0 Å². The first-order valence-corrected chi connectivity index (χ1v) is 7.08. The molecular formula is C16H22O8. The lowest BCUT2D eigenvalue weighted by Crippen LogP contribution is -2.42. The number of aliphatic carboxylic acids is 3. The van der Waals surface area contributed by atoms with Gasteiger partial charge in [0.2, 0.25) is 0 Å². The van der Waals surface area contributed by atoms with Gasteiger partial charge in [-0.1, -0.05) is 26.0 Å². The number of benzene rings is 1. The van der Waals surface area contributed by atoms with E-state index in [-0.39, 0.29) is 0 Å². The molecule has 0 aromatic heterocycles. The molecular weight excluding hydrogens is 320 g/mol. The SMILES string of the molecule is Cc1ccc(C(C)C)c(O)c1.O=C(O)CC(O)(CC(=O)O)C(=O)O. The number of carboxylic acids is 3. The fourth-order valence-corrected chi connectivity index (χ4v) is 1.86. The van der Waals surface area contributed by atoms with E-state index in [9.17, 15) is 19.5 Å². The molecule has 1 aromatic carbocycles. The lowest BCUT2D eigenvalue weighted by molar-refractivity contribution is -0.170. The van der Waals surface area contributed by atoms with Gasteiger partial charge in [0.1, 0.15) is 5.75 Å². The maximum atomic E-state index is 10.3. The van der Waals surface area contributed by atoms with Gasteiger partial charge in [-0.25, -0.2) is 4.79 Å². The normalized spacial score (nSPS) is 10.7. The van der Waals surface area contributed by atoms with Crippen LogP contribution in [0.5, 0.6) is 5.75 Å². The molecule has 1 aromatic rings. The third-order valence-electron chi connectivity index (χ3n) is 3.09. The molecule has 0 saturated carbocycles. The number of aromatic hydroxyl groups is 1. The number of aryl methyl sites for hydroxylation is 1. The van der Waals surface area contributed by atoms with Crippen LogP contribution in [0, 0.1) is 6.92 Å². The number of phenols is 1. The quantitative estimate of drug-likeness (QED) is 0.522. The molecule has 0 bridgehead atoms. The molecule has 134 valence electrons. The molecule has 0 spiro atoms. The van der Waals surface area contributed by atoms with E-state index in [4.69, 9.17) is 20.4 Å². The average Bonchev–Trinajstić information content (AvgIpc) is 2.36. The molecule has 1 rings (SSSR count). The highest BCUT2D eigenvalue weighted by Gasteiger charge is 2.40. The van der Waals surface area contributed by atoms with Crippen molar-refractivity contribution in [2.24, 2.45) is 0 Å². The van der Waals surface area contributed by atoms with Gasteiger partial charge in [0.05, 0.1) is 12.8 Å². The number of rotatable bonds is 6. The molecule has 0 aliphatic rings. The van der Waals surface area contributed by atoms with E-state index in [1.54, 1.807) is 6.07 Å². The maximum absolute atomic E-state index is 10.3. The molecule has 0 amide bonds. The first kappa shape index (κ1) is 21.4. The molecule has 0 fully saturated rings. The second-order valence-corrected chi connectivity index (χ2v) is 5.69. The Labute approximate surface area is 139 Å². The number of carboxylic acid groups (broad SMARTS) is 3. The van der Waals surface area contributed by atoms with Gasteiger partial charge < -0.3 is 25.5 Å². The van der Waals surface area contributed by atoms with E-state index in [2.05, 4.69) is 13.8 Å². The van der Waals surface area contributed by atoms with E-state index in [0.29, 0.717) is 11.7 Å². The van der Waals surface area contributed by atoms with Gasteiger partial charge in [0.15, 0.2) is 5.60 Å². The minimum Gasteiger partial charge on any atom is -0.508 e. The van der Waals surface area contributed by atoms with Gasteiger partial charge in [-0.3, -0.25) is 9.59 Å². The summed E-state index contributed by atoms with van der Waals surface area (Å²) in [6, 6.07) is 5.81. The molecule has 0 radical (unpaired) electrons. The lowest BCUT2D eigenvalue weighted by Gasteiger charge is -2.18. The molecule has 0 saturated heterocycles. The lowest BCUT2D eigenvalue weighted by atomic mass is 9.96. The van der Waals surface area contributed by atoms with Crippen molar-refractivity contribution in [2.45, 2.75) is 45.1 Å². The maximum Gasteiger partial charge on any atom is 0.336 e. The first-order chi connectivity index (χ1) is 10.9. The molecule has 0 aliphatic heterocycles. The number of aliphatic hydroxyl groups is 1. The summed E-state index contributed by atoms with van der Waals surface area (Å²) in [5, 5.41) is 43.3. The third kappa shape index (κ3) is 7.10. The van der Waals surface area contributed by atoms with Gasteiger partial charge in [0.25, 0.3) is 0 Å². The molecule has 8 heteroatoms. The van der Waals surface area contributed by atoms with Crippen molar-refractivity contribution in [3.8, 4) is 5.75 Å². The van der Waals surface area contributed by atoms with Gasteiger partial charge in [0, 0.05) is 0 Å². The summed E-state index contributed by atoms with van der Waals surface area (Å²) in [5.41, 5.74) is -0.611. The Hall–Kier alpha value is -2.61. The fourth-order valence-electron chi connectivity index (χ4n) is 1.86. The summed E-state index contributed by atoms with van der Waals surface area (Å²) >= 11 is 0. The van der Waals surface area contributed by atoms with Crippen molar-refractivity contribution < 1.29 is 39.9 Å². The minimum atomic E-state index is -2.74. The zero-order valence-electron chi connectivity index (χ0n) is 13.7. The molecule has 0 unspecified atom stereocenters. The Bertz CT molecular complexity index is 590. The van der Waals surface area contributed by atoms with Crippen LogP contribution in [0.2, 0.25) is 0 Å². The molecule has 0 aliphatic carbocycles.